The summed E-state index contributed by atoms with van der Waals surface area (Å²) in [6.07, 6.45) is 7.60. The molecule has 5 fully saturated rings. The molecule has 7 heteroatoms. The van der Waals surface area contributed by atoms with Crippen LogP contribution in [-0.4, -0.2) is 52.6 Å². The molecule has 1 aromatic rings. The number of hydrogen-bond acceptors (Lipinski definition) is 6. The first kappa shape index (κ1) is 18.0. The summed E-state index contributed by atoms with van der Waals surface area (Å²) in [4.78, 5) is 15.5. The molecule has 27 heavy (non-hydrogen) atoms. The average molecular weight is 391 g/mol. The number of ketones is 1. The molecule has 0 atom stereocenters. The third-order valence-corrected chi connectivity index (χ3v) is 8.24. The molecule has 0 spiro atoms. The van der Waals surface area contributed by atoms with Crippen LogP contribution in [0.1, 0.15) is 45.4 Å². The molecule has 0 aromatic carbocycles. The van der Waals surface area contributed by atoms with Crippen molar-refractivity contribution in [2.75, 3.05) is 37.0 Å². The van der Waals surface area contributed by atoms with Gasteiger partial charge in [-0.05, 0) is 63.2 Å². The summed E-state index contributed by atoms with van der Waals surface area (Å²) < 4.78 is 7.60. The van der Waals surface area contributed by atoms with Crippen LogP contribution in [-0.2, 0) is 16.1 Å². The van der Waals surface area contributed by atoms with Crippen molar-refractivity contribution in [1.82, 2.24) is 14.8 Å². The van der Waals surface area contributed by atoms with Gasteiger partial charge in [-0.2, -0.15) is 0 Å². The monoisotopic (exact) mass is 390 g/mol. The Hall–Kier alpha value is -1.08. The fourth-order valence-corrected chi connectivity index (χ4v) is 7.43. The summed E-state index contributed by atoms with van der Waals surface area (Å²) in [5, 5.41) is 9.74. The van der Waals surface area contributed by atoms with Crippen LogP contribution in [0.3, 0.4) is 0 Å². The Bertz CT molecular complexity index is 678. The van der Waals surface area contributed by atoms with E-state index >= 15 is 0 Å². The Morgan fingerprint density at radius 1 is 1.11 bits per heavy atom. The Morgan fingerprint density at radius 3 is 2.33 bits per heavy atom. The Labute approximate surface area is 165 Å². The highest BCUT2D eigenvalue weighted by Gasteiger charge is 2.54. The van der Waals surface area contributed by atoms with Gasteiger partial charge < -0.3 is 9.64 Å². The molecule has 2 heterocycles. The first-order valence-corrected chi connectivity index (χ1v) is 11.6. The molecule has 0 N–H and O–H groups in total. The number of rotatable bonds is 6. The van der Waals surface area contributed by atoms with Crippen molar-refractivity contribution in [3.63, 3.8) is 0 Å². The second-order valence-electron chi connectivity index (χ2n) is 9.04. The minimum Gasteiger partial charge on any atom is -0.378 e. The molecule has 148 valence electrons. The molecule has 4 bridgehead atoms. The number of carbonyl (C=O) groups excluding carboxylic acids is 1. The van der Waals surface area contributed by atoms with Crippen molar-refractivity contribution < 1.29 is 9.53 Å². The van der Waals surface area contributed by atoms with Crippen LogP contribution in [0.4, 0.5) is 5.95 Å². The number of nitrogens with zero attached hydrogens (tertiary/aromatic N) is 4. The highest BCUT2D eigenvalue weighted by molar-refractivity contribution is 7.99. The van der Waals surface area contributed by atoms with Crippen LogP contribution in [0, 0.1) is 23.2 Å². The molecule has 1 aliphatic heterocycles. The molecule has 0 radical (unpaired) electrons. The van der Waals surface area contributed by atoms with E-state index in [-0.39, 0.29) is 5.41 Å². The van der Waals surface area contributed by atoms with Crippen molar-refractivity contribution in [2.45, 2.75) is 57.1 Å². The van der Waals surface area contributed by atoms with E-state index in [1.54, 1.807) is 11.8 Å². The van der Waals surface area contributed by atoms with E-state index in [9.17, 15) is 4.79 Å². The maximum absolute atomic E-state index is 13.3. The fourth-order valence-electron chi connectivity index (χ4n) is 6.40. The molecule has 6 nitrogen and oxygen atoms in total. The van der Waals surface area contributed by atoms with E-state index in [0.29, 0.717) is 11.5 Å². The first-order chi connectivity index (χ1) is 13.2. The second kappa shape index (κ2) is 7.07. The number of carbonyl (C=O) groups is 1. The minimum atomic E-state index is -0.00808. The molecule has 4 aliphatic carbocycles. The molecular weight excluding hydrogens is 360 g/mol. The maximum Gasteiger partial charge on any atom is 0.228 e. The van der Waals surface area contributed by atoms with Gasteiger partial charge in [0.1, 0.15) is 5.78 Å². The number of Topliss-reactive ketones (excluding diaryl/α,β-unsaturated/α-hetero) is 1. The molecule has 4 saturated carbocycles. The lowest BCUT2D eigenvalue weighted by Gasteiger charge is -2.56. The molecule has 5 aliphatic rings. The molecule has 0 unspecified atom stereocenters. The van der Waals surface area contributed by atoms with Crippen molar-refractivity contribution in [2.24, 2.45) is 23.2 Å². The van der Waals surface area contributed by atoms with Gasteiger partial charge >= 0.3 is 0 Å². The number of aromatic nitrogens is 3. The van der Waals surface area contributed by atoms with Gasteiger partial charge in [0.15, 0.2) is 5.16 Å². The molecule has 0 amide bonds. The summed E-state index contributed by atoms with van der Waals surface area (Å²) in [5.41, 5.74) is -0.00808. The Kier molecular flexibility index (Phi) is 4.71. The van der Waals surface area contributed by atoms with Gasteiger partial charge in [0.05, 0.1) is 19.0 Å². The van der Waals surface area contributed by atoms with E-state index in [1.165, 1.54) is 19.3 Å². The largest absolute Gasteiger partial charge is 0.378 e. The number of morpholine rings is 1. The molecule has 1 aromatic heterocycles. The minimum absolute atomic E-state index is 0.00808. The lowest BCUT2D eigenvalue weighted by atomic mass is 9.48. The van der Waals surface area contributed by atoms with E-state index in [2.05, 4.69) is 26.6 Å². The van der Waals surface area contributed by atoms with Crippen molar-refractivity contribution >= 4 is 23.5 Å². The number of hydrogen-bond donors (Lipinski definition) is 0. The van der Waals surface area contributed by atoms with Crippen molar-refractivity contribution in [3.05, 3.63) is 0 Å². The van der Waals surface area contributed by atoms with Gasteiger partial charge in [-0.3, -0.25) is 9.36 Å². The highest BCUT2D eigenvalue weighted by atomic mass is 32.2. The number of anilines is 1. The summed E-state index contributed by atoms with van der Waals surface area (Å²) in [6.45, 7) is 6.14. The maximum atomic E-state index is 13.3. The number of thioether (sulfide) groups is 1. The molecule has 1 saturated heterocycles. The van der Waals surface area contributed by atoms with E-state index in [4.69, 9.17) is 4.74 Å². The second-order valence-corrected chi connectivity index (χ2v) is 9.98. The van der Waals surface area contributed by atoms with Gasteiger partial charge in [0.2, 0.25) is 5.95 Å². The zero-order valence-corrected chi connectivity index (χ0v) is 17.0. The highest BCUT2D eigenvalue weighted by Crippen LogP contribution is 2.60. The van der Waals surface area contributed by atoms with E-state index in [0.717, 1.165) is 81.0 Å². The number of ether oxygens (including phenoxy) is 1. The van der Waals surface area contributed by atoms with Crippen LogP contribution >= 0.6 is 11.8 Å². The summed E-state index contributed by atoms with van der Waals surface area (Å²) in [7, 11) is 0. The van der Waals surface area contributed by atoms with E-state index in [1.807, 2.05) is 0 Å². The third kappa shape index (κ3) is 3.20. The van der Waals surface area contributed by atoms with Gasteiger partial charge in [0.25, 0.3) is 0 Å². The van der Waals surface area contributed by atoms with Crippen LogP contribution in [0.5, 0.6) is 0 Å². The molecular formula is C20H30N4O2S. The fraction of sp³-hybridized carbons (Fsp3) is 0.850. The lowest BCUT2D eigenvalue weighted by molar-refractivity contribution is -0.141. The average Bonchev–Trinajstić information content (AvgIpc) is 3.08. The summed E-state index contributed by atoms with van der Waals surface area (Å²) in [5.74, 6) is 4.40. The van der Waals surface area contributed by atoms with Crippen LogP contribution in [0.15, 0.2) is 5.16 Å². The third-order valence-electron chi connectivity index (χ3n) is 7.27. The van der Waals surface area contributed by atoms with Crippen LogP contribution in [0.2, 0.25) is 0 Å². The zero-order chi connectivity index (χ0) is 18.4. The van der Waals surface area contributed by atoms with Gasteiger partial charge in [-0.1, -0.05) is 11.8 Å². The Morgan fingerprint density at radius 2 is 1.74 bits per heavy atom. The van der Waals surface area contributed by atoms with Crippen molar-refractivity contribution in [3.8, 4) is 0 Å². The normalized spacial score (nSPS) is 35.0. The van der Waals surface area contributed by atoms with Gasteiger partial charge in [-0.15, -0.1) is 10.2 Å². The lowest BCUT2D eigenvalue weighted by Crippen LogP contribution is -2.50. The van der Waals surface area contributed by atoms with Crippen molar-refractivity contribution in [1.29, 1.82) is 0 Å². The summed E-state index contributed by atoms with van der Waals surface area (Å²) >= 11 is 1.60. The summed E-state index contributed by atoms with van der Waals surface area (Å²) in [6, 6.07) is 0. The standard InChI is InChI=1S/C20H30N4O2S/c1-2-24-18(23-3-5-26-6-4-23)21-22-19(24)27-13-17(25)20-10-14-7-15(11-20)9-16(8-14)12-20/h14-16H,2-13H2,1H3. The van der Waals surface area contributed by atoms with Gasteiger partial charge in [0, 0.05) is 25.0 Å². The predicted molar refractivity (Wildman–Crippen MR) is 105 cm³/mol. The first-order valence-electron chi connectivity index (χ1n) is 10.6. The van der Waals surface area contributed by atoms with Crippen LogP contribution < -0.4 is 4.90 Å². The van der Waals surface area contributed by atoms with Gasteiger partial charge in [-0.25, -0.2) is 0 Å². The molecule has 6 rings (SSSR count). The Balaban J connectivity index is 1.27. The quantitative estimate of drug-likeness (QED) is 0.696. The zero-order valence-electron chi connectivity index (χ0n) is 16.2. The smallest absolute Gasteiger partial charge is 0.228 e. The predicted octanol–water partition coefficient (Wildman–Crippen LogP) is 3.01. The SMILES string of the molecule is CCn1c(SCC(=O)C23CC4CC(CC(C4)C2)C3)nnc1N1CCOCC1. The van der Waals surface area contributed by atoms with Crippen LogP contribution in [0.25, 0.3) is 0 Å². The topological polar surface area (TPSA) is 60.2 Å². The van der Waals surface area contributed by atoms with E-state index < -0.39 is 0 Å².